The molecule has 0 aromatic heterocycles. The number of rotatable bonds is 2. The van der Waals surface area contributed by atoms with E-state index in [-0.39, 0.29) is 5.97 Å². The SMILES string of the molecule is C=C(C)C(=O)OCC.C[NH+](C)C. The van der Waals surface area contributed by atoms with Crippen molar-refractivity contribution in [1.29, 1.82) is 0 Å². The third-order valence-electron chi connectivity index (χ3n) is 0.624. The highest BCUT2D eigenvalue weighted by Crippen LogP contribution is 1.89. The third kappa shape index (κ3) is 16.1. The summed E-state index contributed by atoms with van der Waals surface area (Å²) in [6.45, 7) is 7.21. The van der Waals surface area contributed by atoms with Gasteiger partial charge in [0.25, 0.3) is 0 Å². The second kappa shape index (κ2) is 8.27. The van der Waals surface area contributed by atoms with E-state index in [2.05, 4.69) is 32.5 Å². The number of quaternary nitrogens is 1. The molecule has 0 aromatic rings. The van der Waals surface area contributed by atoms with Gasteiger partial charge in [-0.05, 0) is 13.8 Å². The standard InChI is InChI=1S/C6H10O2.C3H9N/c1-4-8-6(7)5(2)3;1-4(2)3/h2,4H2,1,3H3;1-3H3/p+1. The molecule has 0 unspecified atom stereocenters. The molecule has 0 spiro atoms. The Hall–Kier alpha value is -0.830. The fourth-order valence-electron chi connectivity index (χ4n) is 0.254. The van der Waals surface area contributed by atoms with Crippen molar-refractivity contribution in [2.45, 2.75) is 13.8 Å². The quantitative estimate of drug-likeness (QED) is 0.467. The summed E-state index contributed by atoms with van der Waals surface area (Å²) in [5.74, 6) is -0.312. The van der Waals surface area contributed by atoms with Gasteiger partial charge in [0.2, 0.25) is 0 Å². The lowest BCUT2D eigenvalue weighted by Gasteiger charge is -1.96. The van der Waals surface area contributed by atoms with Crippen LogP contribution in [0.2, 0.25) is 0 Å². The molecule has 3 nitrogen and oxygen atoms in total. The summed E-state index contributed by atoms with van der Waals surface area (Å²) < 4.78 is 4.56. The van der Waals surface area contributed by atoms with Crippen LogP contribution in [-0.4, -0.2) is 33.7 Å². The molecule has 0 amide bonds. The highest BCUT2D eigenvalue weighted by Gasteiger charge is 1.98. The van der Waals surface area contributed by atoms with Crippen molar-refractivity contribution in [2.24, 2.45) is 0 Å². The Balaban J connectivity index is 0. The van der Waals surface area contributed by atoms with Crippen LogP contribution in [0.25, 0.3) is 0 Å². The Morgan fingerprint density at radius 1 is 1.42 bits per heavy atom. The summed E-state index contributed by atoms with van der Waals surface area (Å²) in [7, 11) is 6.25. The van der Waals surface area contributed by atoms with Gasteiger partial charge in [0.15, 0.2) is 0 Å². The molecule has 0 aliphatic rings. The highest BCUT2D eigenvalue weighted by atomic mass is 16.5. The normalized spacial score (nSPS) is 8.50. The van der Waals surface area contributed by atoms with Gasteiger partial charge in [-0.25, -0.2) is 4.79 Å². The van der Waals surface area contributed by atoms with Gasteiger partial charge in [0.1, 0.15) is 0 Å². The largest absolute Gasteiger partial charge is 0.463 e. The van der Waals surface area contributed by atoms with Gasteiger partial charge in [-0.1, -0.05) is 6.58 Å². The van der Waals surface area contributed by atoms with E-state index in [1.807, 2.05) is 0 Å². The van der Waals surface area contributed by atoms with Crippen LogP contribution in [-0.2, 0) is 9.53 Å². The molecule has 0 rings (SSSR count). The van der Waals surface area contributed by atoms with Crippen LogP contribution in [0.5, 0.6) is 0 Å². The number of carbonyl (C=O) groups is 1. The lowest BCUT2D eigenvalue weighted by atomic mass is 10.4. The molecular weight excluding hydrogens is 154 g/mol. The van der Waals surface area contributed by atoms with Crippen LogP contribution >= 0.6 is 0 Å². The Morgan fingerprint density at radius 3 is 1.83 bits per heavy atom. The van der Waals surface area contributed by atoms with Crippen LogP contribution < -0.4 is 4.90 Å². The zero-order valence-corrected chi connectivity index (χ0v) is 8.73. The van der Waals surface area contributed by atoms with Crippen LogP contribution in [0.15, 0.2) is 12.2 Å². The highest BCUT2D eigenvalue weighted by molar-refractivity contribution is 5.86. The van der Waals surface area contributed by atoms with Crippen LogP contribution in [0.3, 0.4) is 0 Å². The predicted octanol–water partition coefficient (Wildman–Crippen LogP) is -0.114. The first-order valence-electron chi connectivity index (χ1n) is 4.01. The zero-order valence-electron chi connectivity index (χ0n) is 8.73. The van der Waals surface area contributed by atoms with Crippen LogP contribution in [0.4, 0.5) is 0 Å². The summed E-state index contributed by atoms with van der Waals surface area (Å²) in [5, 5.41) is 0. The van der Waals surface area contributed by atoms with E-state index in [4.69, 9.17) is 0 Å². The van der Waals surface area contributed by atoms with Gasteiger partial charge in [-0.2, -0.15) is 0 Å². The van der Waals surface area contributed by atoms with Gasteiger partial charge in [0.05, 0.1) is 27.7 Å². The van der Waals surface area contributed by atoms with E-state index in [1.165, 1.54) is 4.90 Å². The number of hydrogen-bond donors (Lipinski definition) is 1. The van der Waals surface area contributed by atoms with Gasteiger partial charge in [0, 0.05) is 5.57 Å². The summed E-state index contributed by atoms with van der Waals surface area (Å²) in [6, 6.07) is 0. The monoisotopic (exact) mass is 174 g/mol. The van der Waals surface area contributed by atoms with Crippen LogP contribution in [0.1, 0.15) is 13.8 Å². The van der Waals surface area contributed by atoms with Crippen molar-refractivity contribution >= 4 is 5.97 Å². The third-order valence-corrected chi connectivity index (χ3v) is 0.624. The minimum atomic E-state index is -0.312. The van der Waals surface area contributed by atoms with Crippen molar-refractivity contribution in [3.05, 3.63) is 12.2 Å². The molecule has 0 heterocycles. The summed E-state index contributed by atoms with van der Waals surface area (Å²) in [4.78, 5) is 11.8. The minimum Gasteiger partial charge on any atom is -0.463 e. The van der Waals surface area contributed by atoms with Crippen molar-refractivity contribution in [3.8, 4) is 0 Å². The fraction of sp³-hybridized carbons (Fsp3) is 0.667. The number of hydrogen-bond acceptors (Lipinski definition) is 2. The molecule has 0 aliphatic carbocycles. The minimum absolute atomic E-state index is 0.312. The average Bonchev–Trinajstić information content (AvgIpc) is 1.86. The zero-order chi connectivity index (χ0) is 10.1. The van der Waals surface area contributed by atoms with Gasteiger partial charge in [-0.15, -0.1) is 0 Å². The van der Waals surface area contributed by atoms with Gasteiger partial charge < -0.3 is 9.64 Å². The topological polar surface area (TPSA) is 30.7 Å². The Bertz CT molecular complexity index is 139. The van der Waals surface area contributed by atoms with Gasteiger partial charge in [-0.3, -0.25) is 0 Å². The number of esters is 1. The Morgan fingerprint density at radius 2 is 1.75 bits per heavy atom. The molecule has 0 aromatic carbocycles. The van der Waals surface area contributed by atoms with Gasteiger partial charge >= 0.3 is 5.97 Å². The van der Waals surface area contributed by atoms with Crippen molar-refractivity contribution in [3.63, 3.8) is 0 Å². The number of ether oxygens (including phenoxy) is 1. The van der Waals surface area contributed by atoms with Crippen molar-refractivity contribution in [2.75, 3.05) is 27.7 Å². The van der Waals surface area contributed by atoms with Crippen molar-refractivity contribution < 1.29 is 14.4 Å². The van der Waals surface area contributed by atoms with E-state index >= 15 is 0 Å². The lowest BCUT2D eigenvalue weighted by molar-refractivity contribution is -0.836. The Kier molecular flexibility index (Phi) is 9.47. The molecule has 72 valence electrons. The Labute approximate surface area is 75.0 Å². The fourth-order valence-corrected chi connectivity index (χ4v) is 0.254. The first-order valence-corrected chi connectivity index (χ1v) is 4.01. The molecule has 0 atom stereocenters. The summed E-state index contributed by atoms with van der Waals surface area (Å²) in [5.41, 5.74) is 0.451. The van der Waals surface area contributed by atoms with Crippen LogP contribution in [0, 0.1) is 0 Å². The molecular formula is C9H20NO2+. The first-order chi connectivity index (χ1) is 5.41. The maximum atomic E-state index is 10.4. The van der Waals surface area contributed by atoms with Crippen molar-refractivity contribution in [1.82, 2.24) is 0 Å². The molecule has 3 heteroatoms. The van der Waals surface area contributed by atoms with E-state index in [0.717, 1.165) is 0 Å². The molecule has 12 heavy (non-hydrogen) atoms. The second-order valence-electron chi connectivity index (χ2n) is 3.00. The number of nitrogens with one attached hydrogen (secondary N) is 1. The average molecular weight is 174 g/mol. The first kappa shape index (κ1) is 13.7. The molecule has 1 N–H and O–H groups in total. The number of carbonyl (C=O) groups excluding carboxylic acids is 1. The lowest BCUT2D eigenvalue weighted by Crippen LogP contribution is -3.02. The maximum absolute atomic E-state index is 10.4. The molecule has 0 radical (unpaired) electrons. The molecule has 0 saturated heterocycles. The van der Waals surface area contributed by atoms with E-state index in [1.54, 1.807) is 13.8 Å². The predicted molar refractivity (Wildman–Crippen MR) is 50.2 cm³/mol. The van der Waals surface area contributed by atoms with E-state index in [9.17, 15) is 4.79 Å². The molecule has 0 bridgehead atoms. The molecule has 0 saturated carbocycles. The molecule has 0 aliphatic heterocycles. The summed E-state index contributed by atoms with van der Waals surface area (Å²) in [6.07, 6.45) is 0. The second-order valence-corrected chi connectivity index (χ2v) is 3.00. The van der Waals surface area contributed by atoms with E-state index in [0.29, 0.717) is 12.2 Å². The smallest absolute Gasteiger partial charge is 0.333 e. The maximum Gasteiger partial charge on any atom is 0.333 e. The summed E-state index contributed by atoms with van der Waals surface area (Å²) >= 11 is 0. The molecule has 0 fully saturated rings. The van der Waals surface area contributed by atoms with E-state index < -0.39 is 0 Å².